The average molecular weight is 685 g/mol. The van der Waals surface area contributed by atoms with Gasteiger partial charge in [-0.15, -0.1) is 0 Å². The fourth-order valence-electron chi connectivity index (χ4n) is 4.18. The first kappa shape index (κ1) is 24.9. The molecule has 4 rings (SSSR count). The minimum absolute atomic E-state index is 0.0545. The van der Waals surface area contributed by atoms with Gasteiger partial charge in [-0.1, -0.05) is 6.92 Å². The van der Waals surface area contributed by atoms with E-state index >= 15 is 0 Å². The Morgan fingerprint density at radius 2 is 1.27 bits per heavy atom. The van der Waals surface area contributed by atoms with Gasteiger partial charge < -0.3 is 9.47 Å². The Morgan fingerprint density at radius 3 is 1.73 bits per heavy atom. The molecule has 172 valence electrons. The average Bonchev–Trinajstić information content (AvgIpc) is 3.30. The summed E-state index contributed by atoms with van der Waals surface area (Å²) < 4.78 is 14.0. The topological polar surface area (TPSA) is 35.5 Å². The number of ether oxygens (including phenoxy) is 2. The van der Waals surface area contributed by atoms with Crippen LogP contribution in [0.25, 0.3) is 0 Å². The molecule has 0 radical (unpaired) electrons. The summed E-state index contributed by atoms with van der Waals surface area (Å²) in [6.45, 7) is 2.04. The number of hydrogen-bond donors (Lipinski definition) is 0. The summed E-state index contributed by atoms with van der Waals surface area (Å²) >= 11 is 4.68. The fraction of sp³-hybridized carbons (Fsp3) is 0.296. The van der Waals surface area contributed by atoms with Crippen LogP contribution in [0.3, 0.4) is 0 Å². The third-order valence-corrected chi connectivity index (χ3v) is 9.67. The lowest BCUT2D eigenvalue weighted by Gasteiger charge is -2.27. The lowest BCUT2D eigenvalue weighted by atomic mass is 9.99. The monoisotopic (exact) mass is 685 g/mol. The fourth-order valence-corrected chi connectivity index (χ4v) is 6.94. The Labute approximate surface area is 226 Å². The number of carbonyl (C=O) groups excluding carboxylic acids is 1. The van der Waals surface area contributed by atoms with Crippen molar-refractivity contribution in [3.05, 3.63) is 79.9 Å². The zero-order valence-corrected chi connectivity index (χ0v) is 23.7. The van der Waals surface area contributed by atoms with Gasteiger partial charge in [0.1, 0.15) is 11.4 Å². The Bertz CT molecular complexity index is 1010. The maximum atomic E-state index is 12.4. The van der Waals surface area contributed by atoms with Gasteiger partial charge in [-0.2, -0.15) is 0 Å². The number of rotatable bonds is 8. The van der Waals surface area contributed by atoms with Crippen LogP contribution in [0.1, 0.15) is 39.0 Å². The second-order valence-corrected chi connectivity index (χ2v) is 12.7. The van der Waals surface area contributed by atoms with E-state index in [0.717, 1.165) is 32.1 Å². The van der Waals surface area contributed by atoms with E-state index in [1.807, 2.05) is 12.1 Å². The van der Waals surface area contributed by atoms with E-state index in [-0.39, 0.29) is 29.1 Å². The molecule has 1 fully saturated rings. The second-order valence-electron chi connectivity index (χ2n) is 8.19. The van der Waals surface area contributed by atoms with E-state index in [9.17, 15) is 4.79 Å². The maximum absolute atomic E-state index is 12.4. The quantitative estimate of drug-likeness (QED) is 0.139. The molecule has 3 aromatic rings. The first-order valence-electron chi connectivity index (χ1n) is 11.2. The zero-order chi connectivity index (χ0) is 23.3. The van der Waals surface area contributed by atoms with Gasteiger partial charge in [0.25, 0.3) is 0 Å². The summed E-state index contributed by atoms with van der Waals surface area (Å²) in [5, 5.41) is 0. The van der Waals surface area contributed by atoms with E-state index in [4.69, 9.17) is 9.47 Å². The van der Waals surface area contributed by atoms with Gasteiger partial charge in [0.15, 0.2) is 21.3 Å². The van der Waals surface area contributed by atoms with Crippen LogP contribution in [-0.2, 0) is 20.4 Å². The van der Waals surface area contributed by atoms with Crippen molar-refractivity contribution in [2.24, 2.45) is 0 Å². The summed E-state index contributed by atoms with van der Waals surface area (Å²) in [7, 11) is -0.216. The third-order valence-electron chi connectivity index (χ3n) is 6.00. The molecule has 0 atom stereocenters. The van der Waals surface area contributed by atoms with Gasteiger partial charge in [0, 0.05) is 7.14 Å². The molecule has 0 aromatic heterocycles. The summed E-state index contributed by atoms with van der Waals surface area (Å²) in [5.41, 5.74) is -0.278. The lowest BCUT2D eigenvalue weighted by molar-refractivity contribution is -0.162. The predicted molar refractivity (Wildman–Crippen MR) is 150 cm³/mol. The SMILES string of the molecule is CCC1(OC(=O)COc2ccc([S+](c3ccc(I)cc3)c3ccc(I)cc3)cc2)CCCC1. The Balaban J connectivity index is 1.47. The van der Waals surface area contributed by atoms with Gasteiger partial charge in [-0.05, 0) is 150 Å². The molecule has 0 amide bonds. The molecule has 33 heavy (non-hydrogen) atoms. The van der Waals surface area contributed by atoms with Crippen LogP contribution >= 0.6 is 45.2 Å². The van der Waals surface area contributed by atoms with Gasteiger partial charge in [-0.3, -0.25) is 0 Å². The molecule has 1 aliphatic carbocycles. The summed E-state index contributed by atoms with van der Waals surface area (Å²) in [6, 6.07) is 25.5. The number of carbonyl (C=O) groups is 1. The molecule has 0 aliphatic heterocycles. The highest BCUT2D eigenvalue weighted by Gasteiger charge is 2.36. The van der Waals surface area contributed by atoms with E-state index in [1.165, 1.54) is 21.8 Å². The van der Waals surface area contributed by atoms with E-state index < -0.39 is 0 Å². The van der Waals surface area contributed by atoms with Crippen molar-refractivity contribution < 1.29 is 14.3 Å². The van der Waals surface area contributed by atoms with Crippen LogP contribution in [0.5, 0.6) is 5.75 Å². The standard InChI is InChI=1S/C27H27I2O3S/c1-2-27(17-3-4-18-27)32-26(30)19-31-22-9-15-25(16-10-22)33(23-11-5-20(28)6-12-23)24-13-7-21(29)8-14-24/h5-16H,2-4,17-19H2,1H3/q+1. The highest BCUT2D eigenvalue weighted by molar-refractivity contribution is 14.1. The van der Waals surface area contributed by atoms with Crippen molar-refractivity contribution in [1.82, 2.24) is 0 Å². The van der Waals surface area contributed by atoms with E-state index in [1.54, 1.807) is 0 Å². The van der Waals surface area contributed by atoms with Crippen LogP contribution in [-0.4, -0.2) is 18.2 Å². The van der Waals surface area contributed by atoms with Crippen molar-refractivity contribution in [3.8, 4) is 5.75 Å². The van der Waals surface area contributed by atoms with E-state index in [2.05, 4.69) is 113 Å². The molecule has 0 unspecified atom stereocenters. The minimum atomic E-state index is -0.278. The maximum Gasteiger partial charge on any atom is 0.344 e. The first-order valence-corrected chi connectivity index (χ1v) is 14.6. The van der Waals surface area contributed by atoms with Gasteiger partial charge in [-0.25, -0.2) is 4.79 Å². The molecule has 1 saturated carbocycles. The van der Waals surface area contributed by atoms with Gasteiger partial charge >= 0.3 is 5.97 Å². The van der Waals surface area contributed by atoms with Crippen LogP contribution in [0.15, 0.2) is 87.5 Å². The summed E-state index contributed by atoms with van der Waals surface area (Å²) in [6.07, 6.45) is 5.05. The van der Waals surface area contributed by atoms with Crippen molar-refractivity contribution in [2.75, 3.05) is 6.61 Å². The largest absolute Gasteiger partial charge is 0.482 e. The highest BCUT2D eigenvalue weighted by Crippen LogP contribution is 2.36. The normalized spacial score (nSPS) is 14.9. The molecule has 0 bridgehead atoms. The molecule has 6 heteroatoms. The molecule has 3 nitrogen and oxygen atoms in total. The molecule has 0 spiro atoms. The van der Waals surface area contributed by atoms with Crippen LogP contribution in [0, 0.1) is 7.14 Å². The van der Waals surface area contributed by atoms with Crippen molar-refractivity contribution in [1.29, 1.82) is 0 Å². The zero-order valence-electron chi connectivity index (χ0n) is 18.6. The molecular weight excluding hydrogens is 658 g/mol. The first-order chi connectivity index (χ1) is 16.0. The second kappa shape index (κ2) is 11.4. The Hall–Kier alpha value is -1.26. The van der Waals surface area contributed by atoms with Crippen LogP contribution < -0.4 is 4.74 Å². The van der Waals surface area contributed by atoms with Crippen molar-refractivity contribution in [2.45, 2.75) is 59.3 Å². The molecule has 3 aromatic carbocycles. The molecule has 0 heterocycles. The highest BCUT2D eigenvalue weighted by atomic mass is 127. The molecule has 0 saturated heterocycles. The number of hydrogen-bond acceptors (Lipinski definition) is 3. The lowest BCUT2D eigenvalue weighted by Crippen LogP contribution is -2.33. The van der Waals surface area contributed by atoms with Gasteiger partial charge in [0.2, 0.25) is 0 Å². The van der Waals surface area contributed by atoms with Crippen LogP contribution in [0.4, 0.5) is 0 Å². The minimum Gasteiger partial charge on any atom is -0.482 e. The predicted octanol–water partition coefficient (Wildman–Crippen LogP) is 7.64. The number of benzene rings is 3. The summed E-state index contributed by atoms with van der Waals surface area (Å²) in [4.78, 5) is 16.1. The summed E-state index contributed by atoms with van der Waals surface area (Å²) in [5.74, 6) is 0.404. The van der Waals surface area contributed by atoms with Crippen LogP contribution in [0.2, 0.25) is 0 Å². The molecule has 0 N–H and O–H groups in total. The smallest absolute Gasteiger partial charge is 0.344 e. The number of esters is 1. The van der Waals surface area contributed by atoms with Gasteiger partial charge in [0.05, 0.1) is 10.9 Å². The van der Waals surface area contributed by atoms with E-state index in [0.29, 0.717) is 5.75 Å². The number of halogens is 2. The Morgan fingerprint density at radius 1 is 0.818 bits per heavy atom. The van der Waals surface area contributed by atoms with Crippen molar-refractivity contribution in [3.63, 3.8) is 0 Å². The molecular formula is C27H27I2O3S+. The van der Waals surface area contributed by atoms with Crippen molar-refractivity contribution >= 4 is 62.0 Å². The third kappa shape index (κ3) is 6.45. The molecule has 1 aliphatic rings. The Kier molecular flexibility index (Phi) is 8.62.